The highest BCUT2D eigenvalue weighted by Gasteiger charge is 2.15. The Balaban J connectivity index is 1.82. The first-order valence-electron chi connectivity index (χ1n) is 8.98. The normalized spacial score (nSPS) is 11.1. The Morgan fingerprint density at radius 2 is 1.59 bits per heavy atom. The lowest BCUT2D eigenvalue weighted by molar-refractivity contribution is 0.572. The van der Waals surface area contributed by atoms with Crippen molar-refractivity contribution in [3.63, 3.8) is 0 Å². The number of halogens is 1. The van der Waals surface area contributed by atoms with Gasteiger partial charge in [-0.25, -0.2) is 4.98 Å². The highest BCUT2D eigenvalue weighted by molar-refractivity contribution is 9.10. The van der Waals surface area contributed by atoms with Crippen LogP contribution in [0, 0.1) is 0 Å². The lowest BCUT2D eigenvalue weighted by atomic mass is 10.0. The molecule has 0 fully saturated rings. The van der Waals surface area contributed by atoms with Crippen LogP contribution < -0.4 is 5.56 Å². The molecule has 0 N–H and O–H groups in total. The number of para-hydroxylation sites is 1. The number of nitrogens with zero attached hydrogens (tertiary/aromatic N) is 3. The van der Waals surface area contributed by atoms with Gasteiger partial charge < -0.3 is 4.42 Å². The summed E-state index contributed by atoms with van der Waals surface area (Å²) in [6.45, 7) is 0. The van der Waals surface area contributed by atoms with E-state index in [1.807, 2.05) is 72.8 Å². The second kappa shape index (κ2) is 7.14. The van der Waals surface area contributed by atoms with Crippen molar-refractivity contribution >= 4 is 26.7 Å². The fourth-order valence-electron chi connectivity index (χ4n) is 3.37. The van der Waals surface area contributed by atoms with Crippen molar-refractivity contribution in [2.24, 2.45) is 0 Å². The monoisotopic (exact) mass is 443 g/mol. The van der Waals surface area contributed by atoms with E-state index in [1.54, 1.807) is 6.20 Å². The fourth-order valence-corrected chi connectivity index (χ4v) is 3.87. The van der Waals surface area contributed by atoms with Crippen LogP contribution in [-0.4, -0.2) is 14.8 Å². The first kappa shape index (κ1) is 17.6. The molecule has 5 aromatic rings. The summed E-state index contributed by atoms with van der Waals surface area (Å²) in [7, 11) is 0. The zero-order valence-corrected chi connectivity index (χ0v) is 16.7. The minimum Gasteiger partial charge on any atom is -0.444 e. The van der Waals surface area contributed by atoms with Crippen LogP contribution in [0.25, 0.3) is 39.0 Å². The third-order valence-electron chi connectivity index (χ3n) is 4.69. The maximum absolute atomic E-state index is 13.1. The molecule has 0 saturated carbocycles. The smallest absolute Gasteiger partial charge is 0.279 e. The van der Waals surface area contributed by atoms with Crippen LogP contribution in [0.15, 0.2) is 99.1 Å². The molecule has 5 nitrogen and oxygen atoms in total. The second-order valence-electron chi connectivity index (χ2n) is 6.54. The summed E-state index contributed by atoms with van der Waals surface area (Å²) in [5.74, 6) is 0.660. The molecule has 0 amide bonds. The lowest BCUT2D eigenvalue weighted by Gasteiger charge is -2.12. The van der Waals surface area contributed by atoms with Gasteiger partial charge in [-0.15, -0.1) is 0 Å². The van der Waals surface area contributed by atoms with Crippen molar-refractivity contribution in [1.82, 2.24) is 14.8 Å². The van der Waals surface area contributed by atoms with Crippen molar-refractivity contribution in [1.29, 1.82) is 0 Å². The first-order chi connectivity index (χ1) is 14.2. The van der Waals surface area contributed by atoms with Crippen molar-refractivity contribution in [2.45, 2.75) is 0 Å². The molecule has 0 spiro atoms. The summed E-state index contributed by atoms with van der Waals surface area (Å²) in [6.07, 6.45) is 3.07. The maximum atomic E-state index is 13.1. The highest BCUT2D eigenvalue weighted by Crippen LogP contribution is 2.32. The van der Waals surface area contributed by atoms with Crippen molar-refractivity contribution in [2.75, 3.05) is 0 Å². The molecule has 0 radical (unpaired) electrons. The Labute approximate surface area is 174 Å². The van der Waals surface area contributed by atoms with E-state index < -0.39 is 0 Å². The third-order valence-corrected chi connectivity index (χ3v) is 5.15. The molecule has 0 unspecified atom stereocenters. The van der Waals surface area contributed by atoms with E-state index >= 15 is 0 Å². The van der Waals surface area contributed by atoms with E-state index in [-0.39, 0.29) is 5.56 Å². The van der Waals surface area contributed by atoms with Crippen molar-refractivity contribution in [3.8, 4) is 28.3 Å². The molecule has 0 aliphatic rings. The van der Waals surface area contributed by atoms with Crippen LogP contribution in [0.1, 0.15) is 0 Å². The Hall–Kier alpha value is -3.51. The largest absolute Gasteiger partial charge is 0.444 e. The highest BCUT2D eigenvalue weighted by atomic mass is 79.9. The molecule has 0 bridgehead atoms. The summed E-state index contributed by atoms with van der Waals surface area (Å²) < 4.78 is 7.79. The van der Waals surface area contributed by atoms with E-state index in [2.05, 4.69) is 20.9 Å². The van der Waals surface area contributed by atoms with Crippen LogP contribution in [0.5, 0.6) is 0 Å². The minimum absolute atomic E-state index is 0.152. The molecule has 2 heterocycles. The van der Waals surface area contributed by atoms with Gasteiger partial charge in [0.2, 0.25) is 0 Å². The number of oxazole rings is 1. The van der Waals surface area contributed by atoms with Gasteiger partial charge in [-0.2, -0.15) is 9.78 Å². The Bertz CT molecular complexity index is 1380. The van der Waals surface area contributed by atoms with Crippen LogP contribution in [0.2, 0.25) is 0 Å². The number of hydrogen-bond acceptors (Lipinski definition) is 4. The van der Waals surface area contributed by atoms with Crippen molar-refractivity contribution < 1.29 is 4.42 Å². The SMILES string of the molecule is O=c1c2ccccc2c(-c2cc(Br)cc(-c3cnco3)c2)nn1-c1ccccc1. The van der Waals surface area contributed by atoms with Crippen molar-refractivity contribution in [3.05, 3.63) is 100 Å². The molecular formula is C23H14BrN3O2. The zero-order valence-electron chi connectivity index (χ0n) is 15.1. The summed E-state index contributed by atoms with van der Waals surface area (Å²) in [5, 5.41) is 6.15. The van der Waals surface area contributed by atoms with Gasteiger partial charge >= 0.3 is 0 Å². The van der Waals surface area contributed by atoms with Crippen LogP contribution in [-0.2, 0) is 0 Å². The average molecular weight is 444 g/mol. The molecule has 6 heteroatoms. The van der Waals surface area contributed by atoms with Gasteiger partial charge in [-0.1, -0.05) is 52.3 Å². The number of hydrogen-bond donors (Lipinski definition) is 0. The van der Waals surface area contributed by atoms with Gasteiger partial charge in [-0.05, 0) is 36.4 Å². The number of aromatic nitrogens is 3. The van der Waals surface area contributed by atoms with Crippen LogP contribution in [0.3, 0.4) is 0 Å². The van der Waals surface area contributed by atoms with E-state index in [0.29, 0.717) is 16.8 Å². The van der Waals surface area contributed by atoms with E-state index in [4.69, 9.17) is 9.52 Å². The molecule has 0 aliphatic carbocycles. The number of rotatable bonds is 3. The Kier molecular flexibility index (Phi) is 4.33. The minimum atomic E-state index is -0.152. The molecule has 29 heavy (non-hydrogen) atoms. The zero-order chi connectivity index (χ0) is 19.8. The predicted octanol–water partition coefficient (Wildman–Crippen LogP) is 5.47. The van der Waals surface area contributed by atoms with Gasteiger partial charge in [0.15, 0.2) is 12.2 Å². The van der Waals surface area contributed by atoms with E-state index in [9.17, 15) is 4.79 Å². The maximum Gasteiger partial charge on any atom is 0.279 e. The van der Waals surface area contributed by atoms with Gasteiger partial charge in [0.25, 0.3) is 5.56 Å². The second-order valence-corrected chi connectivity index (χ2v) is 7.46. The lowest BCUT2D eigenvalue weighted by Crippen LogP contribution is -2.22. The first-order valence-corrected chi connectivity index (χ1v) is 9.77. The topological polar surface area (TPSA) is 60.9 Å². The molecule has 140 valence electrons. The summed E-state index contributed by atoms with van der Waals surface area (Å²) in [5.41, 5.74) is 3.02. The quantitative estimate of drug-likeness (QED) is 0.370. The molecular weight excluding hydrogens is 430 g/mol. The molecule has 0 saturated heterocycles. The summed E-state index contributed by atoms with van der Waals surface area (Å²) in [4.78, 5) is 17.1. The van der Waals surface area contributed by atoms with E-state index in [0.717, 1.165) is 26.7 Å². The molecule has 5 rings (SSSR count). The van der Waals surface area contributed by atoms with Gasteiger partial charge in [-0.3, -0.25) is 4.79 Å². The molecule has 0 aliphatic heterocycles. The Morgan fingerprint density at radius 3 is 2.34 bits per heavy atom. The van der Waals surface area contributed by atoms with Gasteiger partial charge in [0, 0.05) is 21.0 Å². The summed E-state index contributed by atoms with van der Waals surface area (Å²) in [6, 6.07) is 22.9. The number of benzene rings is 3. The predicted molar refractivity (Wildman–Crippen MR) is 116 cm³/mol. The third kappa shape index (κ3) is 3.17. The average Bonchev–Trinajstić information content (AvgIpc) is 3.29. The van der Waals surface area contributed by atoms with Gasteiger partial charge in [0.1, 0.15) is 0 Å². The summed E-state index contributed by atoms with van der Waals surface area (Å²) >= 11 is 3.58. The number of fused-ring (bicyclic) bond motifs is 1. The van der Waals surface area contributed by atoms with Crippen LogP contribution >= 0.6 is 15.9 Å². The Morgan fingerprint density at radius 1 is 0.862 bits per heavy atom. The molecule has 0 atom stereocenters. The molecule has 2 aromatic heterocycles. The van der Waals surface area contributed by atoms with Gasteiger partial charge in [0.05, 0.1) is 23.0 Å². The fraction of sp³-hybridized carbons (Fsp3) is 0. The standard InChI is InChI=1S/C23H14BrN3O2/c24-17-11-15(21-13-25-14-29-21)10-16(12-17)22-19-8-4-5-9-20(19)23(28)27(26-22)18-6-2-1-3-7-18/h1-14H. The van der Waals surface area contributed by atoms with E-state index in [1.165, 1.54) is 11.1 Å². The van der Waals surface area contributed by atoms with Crippen LogP contribution in [0.4, 0.5) is 0 Å². The molecule has 3 aromatic carbocycles.